The van der Waals surface area contributed by atoms with Crippen LogP contribution in [0.5, 0.6) is 11.5 Å². The second-order valence-electron chi connectivity index (χ2n) is 9.12. The first-order valence-electron chi connectivity index (χ1n) is 11.1. The Bertz CT molecular complexity index is 950. The van der Waals surface area contributed by atoms with Crippen LogP contribution in [0.15, 0.2) is 47.6 Å². The SMILES string of the molecule is c1ccc2c(c1)CC(Oc1cc(C3=NOC4(CCOC4)C3)ccc1OCC1CC1)C2. The first-order valence-corrected chi connectivity index (χ1v) is 11.1. The van der Waals surface area contributed by atoms with E-state index < -0.39 is 0 Å². The lowest BCUT2D eigenvalue weighted by Crippen LogP contribution is -2.29. The van der Waals surface area contributed by atoms with Crippen molar-refractivity contribution in [3.05, 3.63) is 59.2 Å². The molecule has 1 saturated carbocycles. The summed E-state index contributed by atoms with van der Waals surface area (Å²) < 4.78 is 18.2. The monoisotopic (exact) mass is 405 g/mol. The minimum absolute atomic E-state index is 0.136. The number of rotatable bonds is 6. The number of fused-ring (bicyclic) bond motifs is 1. The van der Waals surface area contributed by atoms with Crippen molar-refractivity contribution in [2.24, 2.45) is 11.1 Å². The summed E-state index contributed by atoms with van der Waals surface area (Å²) >= 11 is 0. The predicted molar refractivity (Wildman–Crippen MR) is 113 cm³/mol. The van der Waals surface area contributed by atoms with Gasteiger partial charge in [0.1, 0.15) is 6.10 Å². The van der Waals surface area contributed by atoms with Gasteiger partial charge in [0.05, 0.1) is 25.5 Å². The van der Waals surface area contributed by atoms with E-state index in [0.29, 0.717) is 12.5 Å². The molecule has 2 fully saturated rings. The van der Waals surface area contributed by atoms with E-state index in [4.69, 9.17) is 19.0 Å². The topological polar surface area (TPSA) is 49.3 Å². The highest BCUT2D eigenvalue weighted by Crippen LogP contribution is 2.38. The molecule has 1 spiro atoms. The van der Waals surface area contributed by atoms with Gasteiger partial charge in [0.15, 0.2) is 17.1 Å². The molecule has 2 aromatic rings. The second kappa shape index (κ2) is 7.31. The minimum atomic E-state index is -0.273. The summed E-state index contributed by atoms with van der Waals surface area (Å²) in [6, 6.07) is 14.8. The third-order valence-electron chi connectivity index (χ3n) is 6.66. The average Bonchev–Trinajstić information content (AvgIpc) is 3.14. The van der Waals surface area contributed by atoms with Gasteiger partial charge in [-0.15, -0.1) is 0 Å². The molecule has 5 nitrogen and oxygen atoms in total. The first-order chi connectivity index (χ1) is 14.8. The number of hydrogen-bond acceptors (Lipinski definition) is 5. The van der Waals surface area contributed by atoms with Crippen molar-refractivity contribution >= 4 is 5.71 Å². The Balaban J connectivity index is 1.23. The van der Waals surface area contributed by atoms with Crippen LogP contribution in [-0.4, -0.2) is 37.2 Å². The van der Waals surface area contributed by atoms with Crippen molar-refractivity contribution in [1.29, 1.82) is 0 Å². The third kappa shape index (κ3) is 3.56. The summed E-state index contributed by atoms with van der Waals surface area (Å²) in [6.07, 6.45) is 6.22. The predicted octanol–water partition coefficient (Wildman–Crippen LogP) is 4.31. The molecule has 0 aromatic heterocycles. The molecule has 2 aliphatic carbocycles. The molecule has 6 rings (SSSR count). The maximum Gasteiger partial charge on any atom is 0.168 e. The standard InChI is InChI=1S/C25H27NO4/c1-2-4-19-12-21(11-18(19)3-1)29-24-13-20(7-8-23(24)28-15-17-5-6-17)22-14-25(30-26-22)9-10-27-16-25/h1-4,7-8,13,17,21H,5-6,9-12,14-16H2. The van der Waals surface area contributed by atoms with Gasteiger partial charge in [-0.1, -0.05) is 29.4 Å². The van der Waals surface area contributed by atoms with E-state index in [1.54, 1.807) is 0 Å². The quantitative estimate of drug-likeness (QED) is 0.719. The zero-order valence-corrected chi connectivity index (χ0v) is 17.1. The molecule has 156 valence electrons. The Morgan fingerprint density at radius 2 is 1.87 bits per heavy atom. The molecule has 30 heavy (non-hydrogen) atoms. The minimum Gasteiger partial charge on any atom is -0.489 e. The summed E-state index contributed by atoms with van der Waals surface area (Å²) in [5.41, 5.74) is 4.51. The van der Waals surface area contributed by atoms with Crippen LogP contribution in [0, 0.1) is 5.92 Å². The lowest BCUT2D eigenvalue weighted by molar-refractivity contribution is -0.0237. The molecule has 0 radical (unpaired) electrons. The maximum absolute atomic E-state index is 6.51. The van der Waals surface area contributed by atoms with Crippen molar-refractivity contribution in [1.82, 2.24) is 0 Å². The highest BCUT2D eigenvalue weighted by Gasteiger charge is 2.43. The Hall–Kier alpha value is -2.53. The average molecular weight is 405 g/mol. The molecule has 0 N–H and O–H groups in total. The fraction of sp³-hybridized carbons (Fsp3) is 0.480. The van der Waals surface area contributed by atoms with Gasteiger partial charge in [-0.25, -0.2) is 0 Å². The van der Waals surface area contributed by atoms with Gasteiger partial charge >= 0.3 is 0 Å². The Morgan fingerprint density at radius 3 is 2.60 bits per heavy atom. The van der Waals surface area contributed by atoms with Gasteiger partial charge in [-0.3, -0.25) is 0 Å². The maximum atomic E-state index is 6.51. The van der Waals surface area contributed by atoms with Crippen molar-refractivity contribution in [2.45, 2.75) is 50.2 Å². The number of oxime groups is 1. The van der Waals surface area contributed by atoms with E-state index in [1.807, 2.05) is 6.07 Å². The molecule has 5 heteroatoms. The molecule has 2 aromatic carbocycles. The molecular weight excluding hydrogens is 378 g/mol. The highest BCUT2D eigenvalue weighted by molar-refractivity contribution is 6.02. The summed E-state index contributed by atoms with van der Waals surface area (Å²) in [6.45, 7) is 2.13. The molecule has 2 aliphatic heterocycles. The largest absolute Gasteiger partial charge is 0.489 e. The Labute approximate surface area is 177 Å². The van der Waals surface area contributed by atoms with Crippen molar-refractivity contribution < 1.29 is 19.0 Å². The van der Waals surface area contributed by atoms with Gasteiger partial charge in [-0.2, -0.15) is 0 Å². The van der Waals surface area contributed by atoms with Gasteiger partial charge in [0, 0.05) is 31.2 Å². The van der Waals surface area contributed by atoms with E-state index in [0.717, 1.165) is 61.7 Å². The molecule has 1 unspecified atom stereocenters. The molecular formula is C25H27NO4. The number of hydrogen-bond donors (Lipinski definition) is 0. The lowest BCUT2D eigenvalue weighted by Gasteiger charge is -2.19. The zero-order valence-electron chi connectivity index (χ0n) is 17.1. The Morgan fingerprint density at radius 1 is 1.03 bits per heavy atom. The smallest absolute Gasteiger partial charge is 0.168 e. The van der Waals surface area contributed by atoms with Crippen LogP contribution < -0.4 is 9.47 Å². The van der Waals surface area contributed by atoms with Crippen LogP contribution in [0.1, 0.15) is 42.4 Å². The van der Waals surface area contributed by atoms with Crippen molar-refractivity contribution in [2.75, 3.05) is 19.8 Å². The van der Waals surface area contributed by atoms with Gasteiger partial charge in [-0.05, 0) is 48.1 Å². The number of ether oxygens (including phenoxy) is 3. The van der Waals surface area contributed by atoms with E-state index in [2.05, 4.69) is 41.6 Å². The van der Waals surface area contributed by atoms with Crippen LogP contribution in [0.3, 0.4) is 0 Å². The number of nitrogens with zero attached hydrogens (tertiary/aromatic N) is 1. The van der Waals surface area contributed by atoms with Crippen molar-refractivity contribution in [3.8, 4) is 11.5 Å². The van der Waals surface area contributed by atoms with Crippen LogP contribution >= 0.6 is 0 Å². The molecule has 2 heterocycles. The summed E-state index contributed by atoms with van der Waals surface area (Å²) in [5.74, 6) is 2.35. The molecule has 4 aliphatic rings. The van der Waals surface area contributed by atoms with Crippen molar-refractivity contribution in [3.63, 3.8) is 0 Å². The molecule has 1 atom stereocenters. The van der Waals surface area contributed by atoms with Gasteiger partial charge < -0.3 is 19.0 Å². The van der Waals surface area contributed by atoms with Crippen LogP contribution in [0.4, 0.5) is 0 Å². The van der Waals surface area contributed by atoms with E-state index in [-0.39, 0.29) is 11.7 Å². The van der Waals surface area contributed by atoms with E-state index >= 15 is 0 Å². The summed E-state index contributed by atoms with van der Waals surface area (Å²) in [4.78, 5) is 5.79. The van der Waals surface area contributed by atoms with Crippen LogP contribution in [-0.2, 0) is 22.4 Å². The van der Waals surface area contributed by atoms with Crippen LogP contribution in [0.25, 0.3) is 0 Å². The van der Waals surface area contributed by atoms with E-state index in [1.165, 1.54) is 24.0 Å². The fourth-order valence-electron chi connectivity index (χ4n) is 4.65. The zero-order chi connectivity index (χ0) is 20.0. The molecule has 0 amide bonds. The van der Waals surface area contributed by atoms with E-state index in [9.17, 15) is 0 Å². The highest BCUT2D eigenvalue weighted by atomic mass is 16.7. The first kappa shape index (κ1) is 18.3. The lowest BCUT2D eigenvalue weighted by atomic mass is 9.93. The fourth-order valence-corrected chi connectivity index (χ4v) is 4.65. The number of benzene rings is 2. The molecule has 1 saturated heterocycles. The summed E-state index contributed by atoms with van der Waals surface area (Å²) in [5, 5.41) is 4.40. The van der Waals surface area contributed by atoms with Gasteiger partial charge in [0.2, 0.25) is 0 Å². The third-order valence-corrected chi connectivity index (χ3v) is 6.66. The van der Waals surface area contributed by atoms with Gasteiger partial charge in [0.25, 0.3) is 0 Å². The van der Waals surface area contributed by atoms with Crippen LogP contribution in [0.2, 0.25) is 0 Å². The Kier molecular flexibility index (Phi) is 4.45. The molecule has 0 bridgehead atoms. The summed E-state index contributed by atoms with van der Waals surface area (Å²) in [7, 11) is 0. The normalized spacial score (nSPS) is 25.3. The second-order valence-corrected chi connectivity index (χ2v) is 9.12.